The van der Waals surface area contributed by atoms with Gasteiger partial charge in [-0.2, -0.15) is 13.2 Å². The Morgan fingerprint density at radius 2 is 1.69 bits per heavy atom. The molecule has 6 rings (SSSR count). The lowest BCUT2D eigenvalue weighted by molar-refractivity contribution is -0.143. The summed E-state index contributed by atoms with van der Waals surface area (Å²) >= 11 is 5.89. The number of hydrogen-bond acceptors (Lipinski definition) is 3. The van der Waals surface area contributed by atoms with Crippen LogP contribution in [0.3, 0.4) is 0 Å². The number of hydrogen-bond donors (Lipinski definition) is 1. The molecule has 29 heavy (non-hydrogen) atoms. The molecule has 1 saturated heterocycles. The molecule has 5 nitrogen and oxygen atoms in total. The lowest BCUT2D eigenvalue weighted by atomic mass is 9.63. The van der Waals surface area contributed by atoms with Crippen molar-refractivity contribution in [3.63, 3.8) is 0 Å². The van der Waals surface area contributed by atoms with Gasteiger partial charge in [-0.25, -0.2) is 0 Å². The average Bonchev–Trinajstić information content (AvgIpc) is 3.44. The van der Waals surface area contributed by atoms with Gasteiger partial charge in [0.1, 0.15) is 6.54 Å². The maximum Gasteiger partial charge on any atom is 0.416 e. The lowest BCUT2D eigenvalue weighted by Crippen LogP contribution is -2.40. The zero-order valence-electron chi connectivity index (χ0n) is 14.9. The van der Waals surface area contributed by atoms with Crippen molar-refractivity contribution in [1.29, 1.82) is 0 Å². The number of imide groups is 1. The molecule has 2 saturated carbocycles. The van der Waals surface area contributed by atoms with Crippen LogP contribution in [0.25, 0.3) is 0 Å². The first-order chi connectivity index (χ1) is 13.7. The molecule has 3 fully saturated rings. The van der Waals surface area contributed by atoms with Gasteiger partial charge in [-0.05, 0) is 48.3 Å². The molecule has 6 atom stereocenters. The minimum Gasteiger partial charge on any atom is -0.323 e. The fourth-order valence-corrected chi connectivity index (χ4v) is 5.47. The summed E-state index contributed by atoms with van der Waals surface area (Å²) in [5.74, 6) is -1.38. The van der Waals surface area contributed by atoms with Crippen molar-refractivity contribution < 1.29 is 27.6 Å². The van der Waals surface area contributed by atoms with Gasteiger partial charge < -0.3 is 5.32 Å². The number of nitrogens with one attached hydrogen (secondary N) is 1. The molecule has 9 heteroatoms. The van der Waals surface area contributed by atoms with E-state index in [1.165, 1.54) is 0 Å². The van der Waals surface area contributed by atoms with Crippen LogP contribution >= 0.6 is 11.6 Å². The number of benzene rings is 1. The second kappa shape index (κ2) is 6.08. The summed E-state index contributed by atoms with van der Waals surface area (Å²) in [5.41, 5.74) is -1.18. The standard InChI is InChI=1S/C20H16ClF3N2O3/c21-13-4-1-8(20(22,23)24)5-14(13)25-15(27)7-26-18(28)16-9-2-3-10(12-6-11(9)12)17(16)19(26)29/h1-5,9-12,16-17H,6-7H2,(H,25,27)/t9-,10+,11-,12-,16+,17+/m1/s1. The van der Waals surface area contributed by atoms with E-state index < -0.39 is 36.0 Å². The second-order valence-corrected chi connectivity index (χ2v) is 8.56. The number of rotatable bonds is 3. The first-order valence-corrected chi connectivity index (χ1v) is 9.75. The van der Waals surface area contributed by atoms with Crippen LogP contribution in [0.1, 0.15) is 12.0 Å². The van der Waals surface area contributed by atoms with E-state index in [1.54, 1.807) is 0 Å². The van der Waals surface area contributed by atoms with Gasteiger partial charge in [-0.3, -0.25) is 19.3 Å². The highest BCUT2D eigenvalue weighted by molar-refractivity contribution is 6.33. The zero-order valence-corrected chi connectivity index (χ0v) is 15.7. The number of nitrogens with zero attached hydrogens (tertiary/aromatic N) is 1. The van der Waals surface area contributed by atoms with E-state index >= 15 is 0 Å². The van der Waals surface area contributed by atoms with E-state index in [0.717, 1.165) is 29.5 Å². The van der Waals surface area contributed by atoms with Crippen LogP contribution in [0.15, 0.2) is 30.4 Å². The molecule has 0 aromatic heterocycles. The first kappa shape index (κ1) is 18.7. The summed E-state index contributed by atoms with van der Waals surface area (Å²) < 4.78 is 38.7. The summed E-state index contributed by atoms with van der Waals surface area (Å²) in [5, 5.41) is 2.23. The van der Waals surface area contributed by atoms with Crippen molar-refractivity contribution in [2.75, 3.05) is 11.9 Å². The Labute approximate surface area is 168 Å². The summed E-state index contributed by atoms with van der Waals surface area (Å²) in [6, 6.07) is 2.58. The summed E-state index contributed by atoms with van der Waals surface area (Å²) in [6.45, 7) is -0.536. The Morgan fingerprint density at radius 3 is 2.24 bits per heavy atom. The van der Waals surface area contributed by atoms with Gasteiger partial charge in [0.15, 0.2) is 0 Å². The maximum absolute atomic E-state index is 12.9. The van der Waals surface area contributed by atoms with Gasteiger partial charge in [0.25, 0.3) is 0 Å². The van der Waals surface area contributed by atoms with Gasteiger partial charge in [0.2, 0.25) is 17.7 Å². The van der Waals surface area contributed by atoms with Gasteiger partial charge >= 0.3 is 6.18 Å². The van der Waals surface area contributed by atoms with Crippen molar-refractivity contribution in [2.24, 2.45) is 35.5 Å². The predicted octanol–water partition coefficient (Wildman–Crippen LogP) is 3.35. The fraction of sp³-hybridized carbons (Fsp3) is 0.450. The molecule has 3 amide bonds. The molecule has 0 radical (unpaired) electrons. The van der Waals surface area contributed by atoms with Gasteiger partial charge in [0, 0.05) is 0 Å². The largest absolute Gasteiger partial charge is 0.416 e. The summed E-state index contributed by atoms with van der Waals surface area (Å²) in [4.78, 5) is 39.1. The van der Waals surface area contributed by atoms with E-state index in [4.69, 9.17) is 11.6 Å². The van der Waals surface area contributed by atoms with Gasteiger partial charge in [-0.15, -0.1) is 0 Å². The normalized spacial score (nSPS) is 34.3. The Balaban J connectivity index is 1.32. The summed E-state index contributed by atoms with van der Waals surface area (Å²) in [6.07, 6.45) is 0.493. The SMILES string of the molecule is O=C(CN1C(=O)[C@H]2[C@@H]3C=C[C@@H]([C@H]4C[C@H]34)[C@@H]2C1=O)Nc1cc(C(F)(F)F)ccc1Cl. The first-order valence-electron chi connectivity index (χ1n) is 9.37. The third kappa shape index (κ3) is 2.79. The van der Waals surface area contributed by atoms with E-state index in [-0.39, 0.29) is 34.4 Å². The van der Waals surface area contributed by atoms with Crippen LogP contribution < -0.4 is 5.32 Å². The highest BCUT2D eigenvalue weighted by atomic mass is 35.5. The molecule has 1 heterocycles. The molecular weight excluding hydrogens is 409 g/mol. The number of carbonyl (C=O) groups excluding carboxylic acids is 3. The minimum atomic E-state index is -4.59. The van der Waals surface area contributed by atoms with E-state index in [9.17, 15) is 27.6 Å². The molecule has 1 aliphatic heterocycles. The molecule has 4 aliphatic carbocycles. The minimum absolute atomic E-state index is 0.0393. The van der Waals surface area contributed by atoms with Crippen molar-refractivity contribution in [3.8, 4) is 0 Å². The highest BCUT2D eigenvalue weighted by Gasteiger charge is 2.67. The Bertz CT molecular complexity index is 940. The van der Waals surface area contributed by atoms with Crippen LogP contribution in [0.2, 0.25) is 5.02 Å². The van der Waals surface area contributed by atoms with Crippen LogP contribution in [-0.2, 0) is 20.6 Å². The number of anilines is 1. The molecule has 1 aromatic carbocycles. The van der Waals surface area contributed by atoms with Crippen molar-refractivity contribution in [2.45, 2.75) is 12.6 Å². The third-order valence-electron chi connectivity index (χ3n) is 6.62. The van der Waals surface area contributed by atoms with Gasteiger partial charge in [0.05, 0.1) is 28.1 Å². The third-order valence-corrected chi connectivity index (χ3v) is 6.95. The monoisotopic (exact) mass is 424 g/mol. The molecule has 152 valence electrons. The number of carbonyl (C=O) groups is 3. The Hall–Kier alpha value is -2.35. The number of alkyl halides is 3. The van der Waals surface area contributed by atoms with E-state index in [2.05, 4.69) is 5.32 Å². The molecule has 2 bridgehead atoms. The molecular formula is C20H16ClF3N2O3. The fourth-order valence-electron chi connectivity index (χ4n) is 5.31. The van der Waals surface area contributed by atoms with Gasteiger partial charge in [-0.1, -0.05) is 23.8 Å². The summed E-state index contributed by atoms with van der Waals surface area (Å²) in [7, 11) is 0. The van der Waals surface area contributed by atoms with Crippen molar-refractivity contribution >= 4 is 35.0 Å². The lowest BCUT2D eigenvalue weighted by Gasteiger charge is -2.37. The number of allylic oxidation sites excluding steroid dienone is 2. The van der Waals surface area contributed by atoms with E-state index in [1.807, 2.05) is 12.2 Å². The molecule has 1 aromatic rings. The number of halogens is 4. The van der Waals surface area contributed by atoms with Crippen molar-refractivity contribution in [3.05, 3.63) is 40.9 Å². The van der Waals surface area contributed by atoms with Crippen LogP contribution in [-0.4, -0.2) is 29.2 Å². The van der Waals surface area contributed by atoms with E-state index in [0.29, 0.717) is 11.8 Å². The van der Waals surface area contributed by atoms with Crippen LogP contribution in [0.5, 0.6) is 0 Å². The topological polar surface area (TPSA) is 66.5 Å². The molecule has 0 spiro atoms. The smallest absolute Gasteiger partial charge is 0.323 e. The highest BCUT2D eigenvalue weighted by Crippen LogP contribution is 2.65. The molecule has 5 aliphatic rings. The predicted molar refractivity (Wildman–Crippen MR) is 96.5 cm³/mol. The Kier molecular flexibility index (Phi) is 3.91. The second-order valence-electron chi connectivity index (χ2n) is 8.16. The average molecular weight is 425 g/mol. The Morgan fingerprint density at radius 1 is 1.10 bits per heavy atom. The van der Waals surface area contributed by atoms with Crippen molar-refractivity contribution in [1.82, 2.24) is 4.90 Å². The zero-order chi connectivity index (χ0) is 20.7. The number of amides is 3. The maximum atomic E-state index is 12.9. The molecule has 1 N–H and O–H groups in total. The molecule has 0 unspecified atom stereocenters. The van der Waals surface area contributed by atoms with Crippen LogP contribution in [0, 0.1) is 35.5 Å². The van der Waals surface area contributed by atoms with Crippen LogP contribution in [0.4, 0.5) is 18.9 Å². The number of likely N-dealkylation sites (tertiary alicyclic amines) is 1. The quantitative estimate of drug-likeness (QED) is 0.597.